The summed E-state index contributed by atoms with van der Waals surface area (Å²) < 4.78 is 5.90. The highest BCUT2D eigenvalue weighted by Crippen LogP contribution is 2.38. The first kappa shape index (κ1) is 12.3. The van der Waals surface area contributed by atoms with Gasteiger partial charge in [-0.15, -0.1) is 0 Å². The van der Waals surface area contributed by atoms with Gasteiger partial charge in [-0.1, -0.05) is 13.8 Å². The Morgan fingerprint density at radius 1 is 1.40 bits per heavy atom. The summed E-state index contributed by atoms with van der Waals surface area (Å²) in [5.41, 5.74) is 0.690. The van der Waals surface area contributed by atoms with E-state index in [9.17, 15) is 4.79 Å². The molecule has 3 heteroatoms. The molecular weight excluding hydrogens is 204 g/mol. The zero-order valence-corrected chi connectivity index (χ0v) is 11.3. The number of hydrogen-bond donors (Lipinski definition) is 0. The maximum absolute atomic E-state index is 10.8. The van der Waals surface area contributed by atoms with Crippen molar-refractivity contribution in [3.63, 3.8) is 0 Å². The molecule has 15 heavy (non-hydrogen) atoms. The molecule has 0 saturated heterocycles. The van der Waals surface area contributed by atoms with Crippen LogP contribution in [0, 0.1) is 5.41 Å². The fourth-order valence-corrected chi connectivity index (χ4v) is 2.59. The maximum atomic E-state index is 10.8. The van der Waals surface area contributed by atoms with Gasteiger partial charge < -0.3 is 4.43 Å². The van der Waals surface area contributed by atoms with E-state index in [1.165, 1.54) is 0 Å². The second-order valence-corrected chi connectivity index (χ2v) is 10.2. The lowest BCUT2D eigenvalue weighted by atomic mass is 9.77. The quantitative estimate of drug-likeness (QED) is 0.531. The van der Waals surface area contributed by atoms with Gasteiger partial charge in [0.25, 0.3) is 0 Å². The Morgan fingerprint density at radius 3 is 2.47 bits per heavy atom. The summed E-state index contributed by atoms with van der Waals surface area (Å²) in [5.74, 6) is 3.00. The van der Waals surface area contributed by atoms with Crippen molar-refractivity contribution in [1.29, 1.82) is 0 Å². The second kappa shape index (κ2) is 3.99. The van der Waals surface area contributed by atoms with Crippen LogP contribution in [0.5, 0.6) is 0 Å². The fourth-order valence-electron chi connectivity index (χ4n) is 1.64. The van der Waals surface area contributed by atoms with E-state index in [4.69, 9.17) is 4.43 Å². The van der Waals surface area contributed by atoms with Gasteiger partial charge in [0.05, 0.1) is 5.76 Å². The van der Waals surface area contributed by atoms with Crippen molar-refractivity contribution in [3.8, 4) is 0 Å². The van der Waals surface area contributed by atoms with Gasteiger partial charge in [0.1, 0.15) is 5.94 Å². The molecule has 0 atom stereocenters. The van der Waals surface area contributed by atoms with Crippen molar-refractivity contribution in [3.05, 3.63) is 17.4 Å². The smallest absolute Gasteiger partial charge is 0.241 e. The van der Waals surface area contributed by atoms with Crippen molar-refractivity contribution in [2.24, 2.45) is 5.41 Å². The SMILES string of the molecule is CC1(C)CCC(O[Si](C)(C)C)=CC1=C=O. The molecule has 1 rings (SSSR count). The van der Waals surface area contributed by atoms with Crippen LogP contribution in [0.25, 0.3) is 0 Å². The van der Waals surface area contributed by atoms with E-state index in [1.54, 1.807) is 0 Å². The van der Waals surface area contributed by atoms with Crippen LogP contribution in [-0.2, 0) is 9.22 Å². The first-order chi connectivity index (χ1) is 6.74. The Kier molecular flexibility index (Phi) is 3.27. The summed E-state index contributed by atoms with van der Waals surface area (Å²) in [4.78, 5) is 10.8. The molecule has 0 heterocycles. The minimum Gasteiger partial charge on any atom is -0.547 e. The Balaban J connectivity index is 2.89. The van der Waals surface area contributed by atoms with Crippen LogP contribution in [0.3, 0.4) is 0 Å². The van der Waals surface area contributed by atoms with Crippen LogP contribution in [0.4, 0.5) is 0 Å². The standard InChI is InChI=1S/C12H20O2Si/c1-12(2)7-6-11(8-10(12)9-13)14-15(3,4)5/h8H,6-7H2,1-5H3. The summed E-state index contributed by atoms with van der Waals surface area (Å²) >= 11 is 0. The first-order valence-electron chi connectivity index (χ1n) is 5.40. The van der Waals surface area contributed by atoms with Crippen LogP contribution < -0.4 is 0 Å². The highest BCUT2D eigenvalue weighted by molar-refractivity contribution is 6.70. The molecule has 0 aromatic rings. The molecule has 0 amide bonds. The molecule has 0 bridgehead atoms. The predicted octanol–water partition coefficient (Wildman–Crippen LogP) is 3.30. The van der Waals surface area contributed by atoms with Gasteiger partial charge in [0, 0.05) is 17.4 Å². The van der Waals surface area contributed by atoms with Crippen molar-refractivity contribution in [2.45, 2.75) is 46.3 Å². The van der Waals surface area contributed by atoms with E-state index in [2.05, 4.69) is 33.5 Å². The topological polar surface area (TPSA) is 26.3 Å². The van der Waals surface area contributed by atoms with E-state index >= 15 is 0 Å². The molecular formula is C12H20O2Si. The van der Waals surface area contributed by atoms with Crippen molar-refractivity contribution < 1.29 is 9.22 Å². The molecule has 0 aliphatic heterocycles. The largest absolute Gasteiger partial charge is 0.547 e. The lowest BCUT2D eigenvalue weighted by Crippen LogP contribution is -2.28. The first-order valence-corrected chi connectivity index (χ1v) is 8.81. The number of hydrogen-bond acceptors (Lipinski definition) is 2. The highest BCUT2D eigenvalue weighted by atomic mass is 28.4. The van der Waals surface area contributed by atoms with Gasteiger partial charge in [0.2, 0.25) is 8.32 Å². The van der Waals surface area contributed by atoms with Crippen LogP contribution in [0.15, 0.2) is 17.4 Å². The van der Waals surface area contributed by atoms with E-state index in [-0.39, 0.29) is 5.41 Å². The molecule has 0 saturated carbocycles. The lowest BCUT2D eigenvalue weighted by molar-refractivity contribution is 0.326. The van der Waals surface area contributed by atoms with Crippen molar-refractivity contribution in [1.82, 2.24) is 0 Å². The summed E-state index contributed by atoms with van der Waals surface area (Å²) in [6, 6.07) is 0. The summed E-state index contributed by atoms with van der Waals surface area (Å²) in [7, 11) is -1.54. The Bertz CT molecular complexity index is 328. The molecule has 1 aliphatic rings. The number of rotatable bonds is 2. The molecule has 0 unspecified atom stereocenters. The van der Waals surface area contributed by atoms with Gasteiger partial charge in [0.15, 0.2) is 0 Å². The molecule has 0 aromatic heterocycles. The molecule has 0 N–H and O–H groups in total. The van der Waals surface area contributed by atoms with E-state index in [0.717, 1.165) is 24.2 Å². The average Bonchev–Trinajstić information content (AvgIpc) is 2.06. The second-order valence-electron chi connectivity index (χ2n) is 5.72. The Morgan fingerprint density at radius 2 is 2.00 bits per heavy atom. The van der Waals surface area contributed by atoms with Gasteiger partial charge in [-0.25, -0.2) is 4.79 Å². The normalized spacial score (nSPS) is 20.6. The van der Waals surface area contributed by atoms with Gasteiger partial charge in [-0.05, 0) is 32.1 Å². The summed E-state index contributed by atoms with van der Waals surface area (Å²) in [6.07, 6.45) is 3.78. The molecule has 0 aromatic carbocycles. The maximum Gasteiger partial charge on any atom is 0.241 e. The Labute approximate surface area is 93.1 Å². The van der Waals surface area contributed by atoms with Crippen LogP contribution in [-0.4, -0.2) is 14.3 Å². The van der Waals surface area contributed by atoms with Crippen LogP contribution >= 0.6 is 0 Å². The third-order valence-electron chi connectivity index (χ3n) is 2.58. The molecule has 2 nitrogen and oxygen atoms in total. The highest BCUT2D eigenvalue weighted by Gasteiger charge is 2.30. The third-order valence-corrected chi connectivity index (χ3v) is 3.45. The molecule has 0 spiro atoms. The minimum absolute atomic E-state index is 0.0476. The van der Waals surface area contributed by atoms with E-state index in [0.29, 0.717) is 0 Å². The zero-order chi connectivity index (χ0) is 11.7. The lowest BCUT2D eigenvalue weighted by Gasteiger charge is -2.32. The monoisotopic (exact) mass is 224 g/mol. The fraction of sp³-hybridized carbons (Fsp3) is 0.667. The molecule has 1 aliphatic carbocycles. The molecule has 84 valence electrons. The molecule has 0 radical (unpaired) electrons. The Hall–Kier alpha value is -0.793. The average molecular weight is 224 g/mol. The van der Waals surface area contributed by atoms with Crippen molar-refractivity contribution >= 4 is 14.3 Å². The summed E-state index contributed by atoms with van der Waals surface area (Å²) in [6.45, 7) is 10.6. The van der Waals surface area contributed by atoms with Crippen LogP contribution in [0.1, 0.15) is 26.7 Å². The number of carbonyl (C=O) groups excluding carboxylic acids is 1. The van der Waals surface area contributed by atoms with E-state index in [1.807, 2.05) is 12.0 Å². The van der Waals surface area contributed by atoms with E-state index < -0.39 is 8.32 Å². The number of allylic oxidation sites excluding steroid dienone is 3. The van der Waals surface area contributed by atoms with Crippen LogP contribution in [0.2, 0.25) is 19.6 Å². The minimum atomic E-state index is -1.54. The van der Waals surface area contributed by atoms with Gasteiger partial charge >= 0.3 is 0 Å². The molecule has 0 fully saturated rings. The van der Waals surface area contributed by atoms with Crippen molar-refractivity contribution in [2.75, 3.05) is 0 Å². The predicted molar refractivity (Wildman–Crippen MR) is 64.7 cm³/mol. The van der Waals surface area contributed by atoms with Gasteiger partial charge in [-0.2, -0.15) is 0 Å². The third kappa shape index (κ3) is 3.36. The van der Waals surface area contributed by atoms with Gasteiger partial charge in [-0.3, -0.25) is 0 Å². The zero-order valence-electron chi connectivity index (χ0n) is 10.3. The summed E-state index contributed by atoms with van der Waals surface area (Å²) in [5, 5.41) is 0.